The normalized spacial score (nSPS) is 12.0. The number of hydrogen-bond donors (Lipinski definition) is 2. The van der Waals surface area contributed by atoms with Gasteiger partial charge in [-0.2, -0.15) is 0 Å². The predicted molar refractivity (Wildman–Crippen MR) is 117 cm³/mol. The molecule has 0 unspecified atom stereocenters. The summed E-state index contributed by atoms with van der Waals surface area (Å²) in [6.07, 6.45) is 1.80. The zero-order valence-corrected chi connectivity index (χ0v) is 18.3. The van der Waals surface area contributed by atoms with Crippen LogP contribution in [0, 0.1) is 0 Å². The Labute approximate surface area is 177 Å². The van der Waals surface area contributed by atoms with Crippen molar-refractivity contribution in [2.45, 2.75) is 26.3 Å². The molecule has 0 aromatic heterocycles. The van der Waals surface area contributed by atoms with Crippen LogP contribution in [0.25, 0.3) is 0 Å². The van der Waals surface area contributed by atoms with Gasteiger partial charge in [0.05, 0.1) is 30.3 Å². The van der Waals surface area contributed by atoms with Gasteiger partial charge in [0.1, 0.15) is 12.3 Å². The largest absolute Gasteiger partial charge is 0.497 e. The molecule has 0 fully saturated rings. The molecular weight excluding hydrogens is 406 g/mol. The van der Waals surface area contributed by atoms with Gasteiger partial charge in [-0.05, 0) is 49.7 Å². The Morgan fingerprint density at radius 3 is 2.30 bits per heavy atom. The number of carbonyl (C=O) groups excluding carboxylic acids is 2. The minimum Gasteiger partial charge on any atom is -0.497 e. The molecular formula is C21H27N3O5S. The topological polar surface area (TPSA) is 105 Å². The molecule has 0 aliphatic heterocycles. The minimum absolute atomic E-state index is 0.0166. The van der Waals surface area contributed by atoms with Gasteiger partial charge in [0, 0.05) is 6.04 Å². The van der Waals surface area contributed by atoms with Crippen LogP contribution in [0.3, 0.4) is 0 Å². The fourth-order valence-corrected chi connectivity index (χ4v) is 3.52. The molecule has 2 rings (SSSR count). The minimum atomic E-state index is -3.72. The second-order valence-corrected chi connectivity index (χ2v) is 8.75. The maximum Gasteiger partial charge on any atom is 0.253 e. The molecule has 1 atom stereocenters. The van der Waals surface area contributed by atoms with Gasteiger partial charge in [0.2, 0.25) is 15.9 Å². The Bertz CT molecular complexity index is 990. The van der Waals surface area contributed by atoms with Crippen LogP contribution in [0.4, 0.5) is 11.4 Å². The smallest absolute Gasteiger partial charge is 0.253 e. The van der Waals surface area contributed by atoms with Gasteiger partial charge in [-0.15, -0.1) is 0 Å². The number of anilines is 2. The monoisotopic (exact) mass is 433 g/mol. The average molecular weight is 434 g/mol. The van der Waals surface area contributed by atoms with E-state index in [0.717, 1.165) is 17.0 Å². The van der Waals surface area contributed by atoms with Crippen LogP contribution in [-0.2, 0) is 14.8 Å². The van der Waals surface area contributed by atoms with E-state index in [0.29, 0.717) is 22.7 Å². The lowest BCUT2D eigenvalue weighted by molar-refractivity contribution is -0.114. The molecule has 2 N–H and O–H groups in total. The highest BCUT2D eigenvalue weighted by Crippen LogP contribution is 2.22. The summed E-state index contributed by atoms with van der Waals surface area (Å²) in [5.41, 5.74) is 0.948. The SMILES string of the molecule is CC[C@H](C)NC(=O)c1ccccc1NC(=O)CN(c1ccc(OC)cc1)S(C)(=O)=O. The molecule has 2 aromatic carbocycles. The highest BCUT2D eigenvalue weighted by Gasteiger charge is 2.22. The van der Waals surface area contributed by atoms with E-state index in [9.17, 15) is 18.0 Å². The number of para-hydroxylation sites is 1. The van der Waals surface area contributed by atoms with E-state index in [4.69, 9.17) is 4.74 Å². The van der Waals surface area contributed by atoms with Crippen LogP contribution < -0.4 is 19.7 Å². The van der Waals surface area contributed by atoms with Gasteiger partial charge in [0.15, 0.2) is 0 Å². The quantitative estimate of drug-likeness (QED) is 0.633. The molecule has 2 aromatic rings. The number of amides is 2. The van der Waals surface area contributed by atoms with Gasteiger partial charge in [-0.3, -0.25) is 13.9 Å². The third-order valence-electron chi connectivity index (χ3n) is 4.48. The summed E-state index contributed by atoms with van der Waals surface area (Å²) in [6.45, 7) is 3.40. The van der Waals surface area contributed by atoms with E-state index in [1.807, 2.05) is 13.8 Å². The number of methoxy groups -OCH3 is 1. The first-order valence-corrected chi connectivity index (χ1v) is 11.3. The molecule has 0 aliphatic carbocycles. The van der Waals surface area contributed by atoms with Crippen molar-refractivity contribution in [3.8, 4) is 5.75 Å². The number of benzene rings is 2. The first kappa shape index (κ1) is 23.2. The zero-order valence-electron chi connectivity index (χ0n) is 17.5. The number of hydrogen-bond acceptors (Lipinski definition) is 5. The lowest BCUT2D eigenvalue weighted by atomic mass is 10.1. The third kappa shape index (κ3) is 6.21. The van der Waals surface area contributed by atoms with Crippen LogP contribution >= 0.6 is 0 Å². The lowest BCUT2D eigenvalue weighted by Gasteiger charge is -2.22. The number of rotatable bonds is 9. The number of carbonyl (C=O) groups is 2. The second-order valence-electron chi connectivity index (χ2n) is 6.84. The first-order valence-electron chi connectivity index (χ1n) is 9.47. The summed E-state index contributed by atoms with van der Waals surface area (Å²) in [5.74, 6) is -0.312. The summed E-state index contributed by atoms with van der Waals surface area (Å²) >= 11 is 0. The molecule has 30 heavy (non-hydrogen) atoms. The molecule has 0 heterocycles. The molecule has 2 amide bonds. The lowest BCUT2D eigenvalue weighted by Crippen LogP contribution is -2.38. The molecule has 0 spiro atoms. The van der Waals surface area contributed by atoms with Crippen molar-refractivity contribution in [1.29, 1.82) is 0 Å². The van der Waals surface area contributed by atoms with Gasteiger partial charge in [0.25, 0.3) is 5.91 Å². The van der Waals surface area contributed by atoms with Gasteiger partial charge in [-0.1, -0.05) is 19.1 Å². The van der Waals surface area contributed by atoms with Crippen LogP contribution in [-0.4, -0.2) is 46.2 Å². The van der Waals surface area contributed by atoms with E-state index >= 15 is 0 Å². The Morgan fingerprint density at radius 2 is 1.73 bits per heavy atom. The molecule has 8 nitrogen and oxygen atoms in total. The van der Waals surface area contributed by atoms with Crippen molar-refractivity contribution in [2.75, 3.05) is 29.5 Å². The van der Waals surface area contributed by atoms with Gasteiger partial charge >= 0.3 is 0 Å². The average Bonchev–Trinajstić information content (AvgIpc) is 2.71. The number of nitrogens with one attached hydrogen (secondary N) is 2. The van der Waals surface area contributed by atoms with Gasteiger partial charge in [-0.25, -0.2) is 8.42 Å². The number of sulfonamides is 1. The molecule has 0 saturated carbocycles. The highest BCUT2D eigenvalue weighted by atomic mass is 32.2. The third-order valence-corrected chi connectivity index (χ3v) is 5.62. The molecule has 0 radical (unpaired) electrons. The number of nitrogens with zero attached hydrogens (tertiary/aromatic N) is 1. The predicted octanol–water partition coefficient (Wildman–Crippen LogP) is 2.63. The fraction of sp³-hybridized carbons (Fsp3) is 0.333. The maximum atomic E-state index is 12.6. The van der Waals surface area contributed by atoms with E-state index in [2.05, 4.69) is 10.6 Å². The summed E-state index contributed by atoms with van der Waals surface area (Å²) < 4.78 is 30.6. The van der Waals surface area contributed by atoms with Crippen molar-refractivity contribution in [2.24, 2.45) is 0 Å². The van der Waals surface area contributed by atoms with Crippen molar-refractivity contribution in [3.05, 3.63) is 54.1 Å². The standard InChI is InChI=1S/C21H27N3O5S/c1-5-15(2)22-21(26)18-8-6-7-9-19(18)23-20(25)14-24(30(4,27)28)16-10-12-17(29-3)13-11-16/h6-13,15H,5,14H2,1-4H3,(H,22,26)(H,23,25)/t15-/m0/s1. The highest BCUT2D eigenvalue weighted by molar-refractivity contribution is 7.92. The van der Waals surface area contributed by atoms with Gasteiger partial charge < -0.3 is 15.4 Å². The van der Waals surface area contributed by atoms with E-state index in [1.54, 1.807) is 48.5 Å². The molecule has 9 heteroatoms. The van der Waals surface area contributed by atoms with Crippen LogP contribution in [0.2, 0.25) is 0 Å². The van der Waals surface area contributed by atoms with Crippen LogP contribution in [0.5, 0.6) is 5.75 Å². The van der Waals surface area contributed by atoms with E-state index in [-0.39, 0.29) is 11.9 Å². The maximum absolute atomic E-state index is 12.6. The first-order chi connectivity index (χ1) is 14.2. The Kier molecular flexibility index (Phi) is 7.82. The second kappa shape index (κ2) is 10.1. The van der Waals surface area contributed by atoms with Crippen molar-refractivity contribution in [1.82, 2.24) is 5.32 Å². The van der Waals surface area contributed by atoms with E-state index in [1.165, 1.54) is 7.11 Å². The fourth-order valence-electron chi connectivity index (χ4n) is 2.66. The molecule has 0 bridgehead atoms. The summed E-state index contributed by atoms with van der Waals surface area (Å²) in [5, 5.41) is 5.50. The summed E-state index contributed by atoms with van der Waals surface area (Å²) in [7, 11) is -2.21. The molecule has 0 aliphatic rings. The Morgan fingerprint density at radius 1 is 1.10 bits per heavy atom. The van der Waals surface area contributed by atoms with Crippen molar-refractivity contribution in [3.63, 3.8) is 0 Å². The summed E-state index contributed by atoms with van der Waals surface area (Å²) in [4.78, 5) is 25.1. The molecule has 0 saturated heterocycles. The number of ether oxygens (including phenoxy) is 1. The Hall–Kier alpha value is -3.07. The van der Waals surface area contributed by atoms with E-state index < -0.39 is 22.5 Å². The Balaban J connectivity index is 2.21. The van der Waals surface area contributed by atoms with Crippen molar-refractivity contribution < 1.29 is 22.7 Å². The van der Waals surface area contributed by atoms with Crippen LogP contribution in [0.15, 0.2) is 48.5 Å². The molecule has 162 valence electrons. The van der Waals surface area contributed by atoms with Crippen LogP contribution in [0.1, 0.15) is 30.6 Å². The zero-order chi connectivity index (χ0) is 22.3. The summed E-state index contributed by atoms with van der Waals surface area (Å²) in [6, 6.07) is 12.9. The van der Waals surface area contributed by atoms with Crippen molar-refractivity contribution >= 4 is 33.2 Å².